The third-order valence-corrected chi connectivity index (χ3v) is 2.08. The number of carbonyl (C=O) groups is 1. The van der Waals surface area contributed by atoms with Gasteiger partial charge in [-0.25, -0.2) is 0 Å². The van der Waals surface area contributed by atoms with Gasteiger partial charge in [-0.15, -0.1) is 0 Å². The number of aliphatic hydroxyl groups excluding tert-OH is 1. The van der Waals surface area contributed by atoms with E-state index in [1.54, 1.807) is 23.9 Å². The van der Waals surface area contributed by atoms with Crippen molar-refractivity contribution in [1.29, 1.82) is 0 Å². The zero-order valence-electron chi connectivity index (χ0n) is 7.45. The maximum Gasteiger partial charge on any atom is 0.360 e. The molecule has 0 aromatic carbocycles. The maximum atomic E-state index is 11.3. The predicted octanol–water partition coefficient (Wildman–Crippen LogP) is 1.10. The van der Waals surface area contributed by atoms with E-state index in [-0.39, 0.29) is 17.6 Å². The maximum absolute atomic E-state index is 11.3. The van der Waals surface area contributed by atoms with Crippen LogP contribution in [0.4, 0.5) is 0 Å². The molecule has 66 valence electrons. The predicted molar refractivity (Wildman–Crippen MR) is 46.4 cm³/mol. The average Bonchev–Trinajstić information content (AvgIpc) is 2.08. The van der Waals surface area contributed by atoms with Crippen molar-refractivity contribution in [2.75, 3.05) is 7.05 Å². The second kappa shape index (κ2) is 3.52. The number of hydrogen-bond acceptors (Lipinski definition) is 2. The van der Waals surface area contributed by atoms with Crippen molar-refractivity contribution in [2.45, 2.75) is 19.8 Å². The molecule has 3 heteroatoms. The van der Waals surface area contributed by atoms with Crippen LogP contribution in [0.5, 0.6) is 0 Å². The van der Waals surface area contributed by atoms with E-state index in [2.05, 4.69) is 0 Å². The standard InChI is InChI=1S/C9H13NO2/c1-3-8(11)7-4-5-9(12)10(2)6-7/h5-7H,3-4H2,1-2H3/p+1. The van der Waals surface area contributed by atoms with Crippen LogP contribution >= 0.6 is 0 Å². The van der Waals surface area contributed by atoms with Crippen LogP contribution < -0.4 is 0 Å². The summed E-state index contributed by atoms with van der Waals surface area (Å²) in [6.07, 6.45) is 4.63. The number of hydrogen-bond donors (Lipinski definition) is 1. The molecule has 0 radical (unpaired) electrons. The fourth-order valence-electron chi connectivity index (χ4n) is 1.26. The van der Waals surface area contributed by atoms with E-state index in [0.717, 1.165) is 0 Å². The van der Waals surface area contributed by atoms with Gasteiger partial charge in [-0.2, -0.15) is 4.58 Å². The Morgan fingerprint density at radius 3 is 3.00 bits per heavy atom. The second-order valence-electron chi connectivity index (χ2n) is 2.98. The van der Waals surface area contributed by atoms with Gasteiger partial charge in [0.1, 0.15) is 12.8 Å². The summed E-state index contributed by atoms with van der Waals surface area (Å²) in [5.74, 6) is 0.414. The van der Waals surface area contributed by atoms with Gasteiger partial charge in [0.05, 0.1) is 5.92 Å². The number of carbonyl (C=O) groups excluding carboxylic acids is 1. The quantitative estimate of drug-likeness (QED) is 0.627. The first-order chi connectivity index (χ1) is 5.65. The number of aliphatic hydroxyl groups is 1. The third kappa shape index (κ3) is 1.72. The van der Waals surface area contributed by atoms with Gasteiger partial charge in [-0.3, -0.25) is 4.79 Å². The van der Waals surface area contributed by atoms with E-state index >= 15 is 0 Å². The number of ketones is 1. The molecular weight excluding hydrogens is 154 g/mol. The van der Waals surface area contributed by atoms with Crippen molar-refractivity contribution >= 4 is 12.0 Å². The summed E-state index contributed by atoms with van der Waals surface area (Å²) in [6.45, 7) is 1.86. The molecule has 0 amide bonds. The Morgan fingerprint density at radius 1 is 1.83 bits per heavy atom. The van der Waals surface area contributed by atoms with Crippen LogP contribution in [0.2, 0.25) is 0 Å². The zero-order chi connectivity index (χ0) is 9.14. The Bertz CT molecular complexity index is 253. The van der Waals surface area contributed by atoms with Gasteiger partial charge in [-0.05, 0) is 6.42 Å². The minimum Gasteiger partial charge on any atom is -0.460 e. The molecular formula is C9H14NO2+. The Labute approximate surface area is 72.0 Å². The lowest BCUT2D eigenvalue weighted by atomic mass is 9.98. The molecule has 1 heterocycles. The Kier molecular flexibility index (Phi) is 2.63. The molecule has 1 aliphatic heterocycles. The largest absolute Gasteiger partial charge is 0.460 e. The van der Waals surface area contributed by atoms with Crippen LogP contribution in [-0.2, 0) is 4.79 Å². The van der Waals surface area contributed by atoms with Crippen LogP contribution in [-0.4, -0.2) is 28.7 Å². The fraction of sp³-hybridized carbons (Fsp3) is 0.556. The van der Waals surface area contributed by atoms with Gasteiger partial charge in [0.25, 0.3) is 0 Å². The highest BCUT2D eigenvalue weighted by atomic mass is 16.3. The Hall–Kier alpha value is -1.12. The molecule has 0 saturated carbocycles. The minimum atomic E-state index is -0.0455. The molecule has 1 rings (SSSR count). The summed E-state index contributed by atoms with van der Waals surface area (Å²) in [6, 6.07) is 0. The second-order valence-corrected chi connectivity index (χ2v) is 2.98. The molecule has 0 aromatic rings. The Balaban J connectivity index is 2.71. The summed E-state index contributed by atoms with van der Waals surface area (Å²) in [7, 11) is 1.74. The molecule has 12 heavy (non-hydrogen) atoms. The summed E-state index contributed by atoms with van der Waals surface area (Å²) in [5, 5.41) is 9.19. The SMILES string of the molecule is CCC(=O)C1C=[N+](C)C(O)=CC1. The lowest BCUT2D eigenvalue weighted by Crippen LogP contribution is -2.24. The van der Waals surface area contributed by atoms with E-state index in [4.69, 9.17) is 0 Å². The van der Waals surface area contributed by atoms with Gasteiger partial charge in [0.2, 0.25) is 0 Å². The average molecular weight is 168 g/mol. The van der Waals surface area contributed by atoms with Crippen molar-refractivity contribution in [2.24, 2.45) is 5.92 Å². The number of Topliss-reactive ketones (excluding diaryl/α,β-unsaturated/α-hetero) is 1. The van der Waals surface area contributed by atoms with Crippen molar-refractivity contribution in [1.82, 2.24) is 0 Å². The van der Waals surface area contributed by atoms with Crippen molar-refractivity contribution in [3.8, 4) is 0 Å². The van der Waals surface area contributed by atoms with Gasteiger partial charge in [0, 0.05) is 12.5 Å². The smallest absolute Gasteiger partial charge is 0.360 e. The van der Waals surface area contributed by atoms with E-state index in [0.29, 0.717) is 12.8 Å². The van der Waals surface area contributed by atoms with E-state index in [1.807, 2.05) is 6.92 Å². The molecule has 0 aliphatic carbocycles. The van der Waals surface area contributed by atoms with Gasteiger partial charge < -0.3 is 5.11 Å². The first kappa shape index (κ1) is 8.97. The molecule has 0 saturated heterocycles. The topological polar surface area (TPSA) is 40.3 Å². The summed E-state index contributed by atoms with van der Waals surface area (Å²) >= 11 is 0. The van der Waals surface area contributed by atoms with Crippen LogP contribution in [0.25, 0.3) is 0 Å². The van der Waals surface area contributed by atoms with Crippen LogP contribution in [0, 0.1) is 5.92 Å². The van der Waals surface area contributed by atoms with Crippen molar-refractivity contribution in [3.05, 3.63) is 12.0 Å². The van der Waals surface area contributed by atoms with Crippen LogP contribution in [0.3, 0.4) is 0 Å². The third-order valence-electron chi connectivity index (χ3n) is 2.08. The van der Waals surface area contributed by atoms with Crippen molar-refractivity contribution in [3.63, 3.8) is 0 Å². The van der Waals surface area contributed by atoms with E-state index in [9.17, 15) is 9.90 Å². The van der Waals surface area contributed by atoms with Crippen LogP contribution in [0.15, 0.2) is 12.0 Å². The normalized spacial score (nSPS) is 23.0. The molecule has 1 aliphatic rings. The molecule has 1 unspecified atom stereocenters. The molecule has 3 nitrogen and oxygen atoms in total. The molecule has 1 atom stereocenters. The summed E-state index contributed by atoms with van der Waals surface area (Å²) < 4.78 is 1.59. The zero-order valence-corrected chi connectivity index (χ0v) is 7.45. The van der Waals surface area contributed by atoms with Gasteiger partial charge >= 0.3 is 5.88 Å². The highest BCUT2D eigenvalue weighted by molar-refractivity contribution is 5.93. The minimum absolute atomic E-state index is 0.0455. The lowest BCUT2D eigenvalue weighted by Gasteiger charge is -2.09. The highest BCUT2D eigenvalue weighted by Gasteiger charge is 2.23. The van der Waals surface area contributed by atoms with Gasteiger partial charge in [0.15, 0.2) is 6.21 Å². The fourth-order valence-corrected chi connectivity index (χ4v) is 1.26. The van der Waals surface area contributed by atoms with Gasteiger partial charge in [-0.1, -0.05) is 6.92 Å². The Morgan fingerprint density at radius 2 is 2.50 bits per heavy atom. The molecule has 0 aromatic heterocycles. The monoisotopic (exact) mass is 168 g/mol. The molecule has 0 bridgehead atoms. The first-order valence-electron chi connectivity index (χ1n) is 4.14. The number of allylic oxidation sites excluding steroid dienone is 1. The molecule has 0 fully saturated rings. The summed E-state index contributed by atoms with van der Waals surface area (Å²) in [5.41, 5.74) is 0. The van der Waals surface area contributed by atoms with Crippen molar-refractivity contribution < 1.29 is 14.5 Å². The first-order valence-corrected chi connectivity index (χ1v) is 4.14. The number of nitrogens with zero attached hydrogens (tertiary/aromatic N) is 1. The van der Waals surface area contributed by atoms with E-state index in [1.165, 1.54) is 0 Å². The molecule has 0 spiro atoms. The lowest BCUT2D eigenvalue weighted by molar-refractivity contribution is -0.475. The van der Waals surface area contributed by atoms with Crippen LogP contribution in [0.1, 0.15) is 19.8 Å². The van der Waals surface area contributed by atoms with E-state index < -0.39 is 0 Å². The number of rotatable bonds is 2. The highest BCUT2D eigenvalue weighted by Crippen LogP contribution is 2.11. The molecule has 1 N–H and O–H groups in total. The summed E-state index contributed by atoms with van der Waals surface area (Å²) in [4.78, 5) is 11.3.